The van der Waals surface area contributed by atoms with Crippen molar-refractivity contribution in [2.24, 2.45) is 5.10 Å². The Hall–Kier alpha value is -3.25. The van der Waals surface area contributed by atoms with Crippen molar-refractivity contribution in [2.75, 3.05) is 20.3 Å². The zero-order valence-electron chi connectivity index (χ0n) is 14.9. The van der Waals surface area contributed by atoms with Gasteiger partial charge in [0.05, 0.1) is 24.8 Å². The van der Waals surface area contributed by atoms with Gasteiger partial charge in [-0.15, -0.1) is 0 Å². The smallest absolute Gasteiger partial charge is 0.276 e. The summed E-state index contributed by atoms with van der Waals surface area (Å²) in [5.74, 6) is 1.40. The van der Waals surface area contributed by atoms with Gasteiger partial charge >= 0.3 is 0 Å². The fourth-order valence-electron chi connectivity index (χ4n) is 2.10. The molecule has 0 bridgehead atoms. The van der Waals surface area contributed by atoms with E-state index < -0.39 is 10.0 Å². The highest BCUT2D eigenvalue weighted by Gasteiger charge is 2.12. The standard InChI is InChI=1S/C18H19N3O5S/c1-3-25-15-5-7-16(8-6-15)27(22,23)21-20-13-14-4-9-17(26-11-10-19)18(12-14)24-2/h4-9,12-13,21H,3,11H2,1-2H3/b20-13+. The van der Waals surface area contributed by atoms with E-state index in [-0.39, 0.29) is 11.5 Å². The van der Waals surface area contributed by atoms with Crippen LogP contribution in [0.15, 0.2) is 52.5 Å². The Morgan fingerprint density at radius 2 is 1.89 bits per heavy atom. The third-order valence-electron chi connectivity index (χ3n) is 3.31. The molecule has 0 aromatic heterocycles. The Kier molecular flexibility index (Phi) is 7.02. The molecule has 0 heterocycles. The molecule has 142 valence electrons. The zero-order chi connectivity index (χ0) is 19.7. The van der Waals surface area contributed by atoms with Crippen LogP contribution in [0.5, 0.6) is 17.2 Å². The number of hydrazone groups is 1. The molecule has 2 aromatic rings. The van der Waals surface area contributed by atoms with Gasteiger partial charge in [-0.2, -0.15) is 18.8 Å². The predicted octanol–water partition coefficient (Wildman–Crippen LogP) is 2.31. The van der Waals surface area contributed by atoms with Crippen molar-refractivity contribution in [2.45, 2.75) is 11.8 Å². The number of hydrogen-bond acceptors (Lipinski definition) is 7. The van der Waals surface area contributed by atoms with Crippen molar-refractivity contribution in [3.8, 4) is 23.3 Å². The van der Waals surface area contributed by atoms with Crippen molar-refractivity contribution in [3.63, 3.8) is 0 Å². The van der Waals surface area contributed by atoms with E-state index in [4.69, 9.17) is 19.5 Å². The summed E-state index contributed by atoms with van der Waals surface area (Å²) >= 11 is 0. The lowest BCUT2D eigenvalue weighted by molar-refractivity contribution is 0.329. The first kappa shape index (κ1) is 20.1. The van der Waals surface area contributed by atoms with Crippen LogP contribution in [0, 0.1) is 11.3 Å². The van der Waals surface area contributed by atoms with Gasteiger partial charge in [0.1, 0.15) is 11.8 Å². The van der Waals surface area contributed by atoms with Gasteiger partial charge in [0.2, 0.25) is 0 Å². The summed E-state index contributed by atoms with van der Waals surface area (Å²) in [6, 6.07) is 12.8. The Balaban J connectivity index is 2.08. The highest BCUT2D eigenvalue weighted by Crippen LogP contribution is 2.27. The Labute approximate surface area is 158 Å². The molecule has 2 rings (SSSR count). The lowest BCUT2D eigenvalue weighted by Gasteiger charge is -2.08. The fraction of sp³-hybridized carbons (Fsp3) is 0.222. The second kappa shape index (κ2) is 9.45. The summed E-state index contributed by atoms with van der Waals surface area (Å²) in [6.07, 6.45) is 1.34. The van der Waals surface area contributed by atoms with Crippen molar-refractivity contribution in [1.82, 2.24) is 4.83 Å². The molecule has 1 N–H and O–H groups in total. The summed E-state index contributed by atoms with van der Waals surface area (Å²) in [5.41, 5.74) is 0.588. The van der Waals surface area contributed by atoms with E-state index in [0.29, 0.717) is 29.4 Å². The molecular weight excluding hydrogens is 370 g/mol. The van der Waals surface area contributed by atoms with E-state index >= 15 is 0 Å². The first-order chi connectivity index (χ1) is 13.0. The largest absolute Gasteiger partial charge is 0.494 e. The van der Waals surface area contributed by atoms with E-state index in [2.05, 4.69) is 9.93 Å². The molecule has 9 heteroatoms. The van der Waals surface area contributed by atoms with E-state index in [0.717, 1.165) is 0 Å². The number of nitriles is 1. The quantitative estimate of drug-likeness (QED) is 0.520. The normalized spacial score (nSPS) is 11.0. The van der Waals surface area contributed by atoms with Crippen LogP contribution in [0.1, 0.15) is 12.5 Å². The average molecular weight is 389 g/mol. The fourth-order valence-corrected chi connectivity index (χ4v) is 2.89. The van der Waals surface area contributed by atoms with Gasteiger partial charge in [-0.1, -0.05) is 0 Å². The zero-order valence-corrected chi connectivity index (χ0v) is 15.7. The second-order valence-electron chi connectivity index (χ2n) is 5.11. The number of rotatable bonds is 9. The van der Waals surface area contributed by atoms with E-state index in [1.54, 1.807) is 30.3 Å². The van der Waals surface area contributed by atoms with Gasteiger partial charge < -0.3 is 14.2 Å². The summed E-state index contributed by atoms with van der Waals surface area (Å²) in [7, 11) is -2.33. The number of benzene rings is 2. The molecular formula is C18H19N3O5S. The molecule has 0 unspecified atom stereocenters. The van der Waals surface area contributed by atoms with Crippen molar-refractivity contribution < 1.29 is 22.6 Å². The Morgan fingerprint density at radius 1 is 1.15 bits per heavy atom. The predicted molar refractivity (Wildman–Crippen MR) is 99.6 cm³/mol. The summed E-state index contributed by atoms with van der Waals surface area (Å²) in [4.78, 5) is 2.22. The second-order valence-corrected chi connectivity index (χ2v) is 6.78. The third-order valence-corrected chi connectivity index (χ3v) is 4.55. The van der Waals surface area contributed by atoms with Crippen molar-refractivity contribution >= 4 is 16.2 Å². The summed E-state index contributed by atoms with van der Waals surface area (Å²) in [5, 5.41) is 12.3. The topological polar surface area (TPSA) is 110 Å². The third kappa shape index (κ3) is 5.62. The molecule has 0 radical (unpaired) electrons. The maximum Gasteiger partial charge on any atom is 0.276 e. The van der Waals surface area contributed by atoms with Gasteiger partial charge in [-0.3, -0.25) is 0 Å². The number of hydrogen-bond donors (Lipinski definition) is 1. The van der Waals surface area contributed by atoms with Crippen LogP contribution in [0.4, 0.5) is 0 Å². The van der Waals surface area contributed by atoms with Crippen LogP contribution in [0.25, 0.3) is 0 Å². The van der Waals surface area contributed by atoms with Crippen LogP contribution >= 0.6 is 0 Å². The van der Waals surface area contributed by atoms with E-state index in [9.17, 15) is 8.42 Å². The van der Waals surface area contributed by atoms with Crippen LogP contribution in [0.2, 0.25) is 0 Å². The van der Waals surface area contributed by atoms with Crippen molar-refractivity contribution in [1.29, 1.82) is 5.26 Å². The minimum Gasteiger partial charge on any atom is -0.494 e. The summed E-state index contributed by atoms with van der Waals surface area (Å²) in [6.45, 7) is 2.24. The molecule has 2 aromatic carbocycles. The Morgan fingerprint density at radius 3 is 2.52 bits per heavy atom. The molecule has 27 heavy (non-hydrogen) atoms. The molecule has 0 aliphatic heterocycles. The maximum absolute atomic E-state index is 12.2. The average Bonchev–Trinajstić information content (AvgIpc) is 2.67. The number of methoxy groups -OCH3 is 1. The van der Waals surface area contributed by atoms with Gasteiger partial charge in [0.15, 0.2) is 18.1 Å². The van der Waals surface area contributed by atoms with Gasteiger partial charge in [0.25, 0.3) is 10.0 Å². The maximum atomic E-state index is 12.2. The SMILES string of the molecule is CCOc1ccc(S(=O)(=O)N/N=C/c2ccc(OCC#N)c(OC)c2)cc1. The van der Waals surface area contributed by atoms with Gasteiger partial charge in [-0.05, 0) is 55.0 Å². The van der Waals surface area contributed by atoms with E-state index in [1.807, 2.05) is 13.0 Å². The lowest BCUT2D eigenvalue weighted by atomic mass is 10.2. The minimum absolute atomic E-state index is 0.0703. The number of ether oxygens (including phenoxy) is 3. The highest BCUT2D eigenvalue weighted by molar-refractivity contribution is 7.89. The minimum atomic E-state index is -3.79. The molecule has 0 aliphatic carbocycles. The molecule has 0 spiro atoms. The number of sulfonamides is 1. The van der Waals surface area contributed by atoms with Crippen LogP contribution in [-0.2, 0) is 10.0 Å². The lowest BCUT2D eigenvalue weighted by Crippen LogP contribution is -2.18. The summed E-state index contributed by atoms with van der Waals surface area (Å²) < 4.78 is 40.2. The van der Waals surface area contributed by atoms with Gasteiger partial charge in [0, 0.05) is 0 Å². The molecule has 8 nitrogen and oxygen atoms in total. The van der Waals surface area contributed by atoms with Gasteiger partial charge in [-0.25, -0.2) is 4.83 Å². The first-order valence-electron chi connectivity index (χ1n) is 7.95. The molecule has 0 fully saturated rings. The molecule has 0 saturated carbocycles. The monoisotopic (exact) mass is 389 g/mol. The molecule has 0 amide bonds. The van der Waals surface area contributed by atoms with Crippen LogP contribution in [0.3, 0.4) is 0 Å². The number of nitrogens with one attached hydrogen (secondary N) is 1. The van der Waals surface area contributed by atoms with E-state index in [1.165, 1.54) is 25.5 Å². The molecule has 0 atom stereocenters. The molecule has 0 saturated heterocycles. The Bertz CT molecular complexity index is 934. The highest BCUT2D eigenvalue weighted by atomic mass is 32.2. The number of nitrogens with zero attached hydrogens (tertiary/aromatic N) is 2. The first-order valence-corrected chi connectivity index (χ1v) is 9.44. The molecule has 0 aliphatic rings. The van der Waals surface area contributed by atoms with Crippen LogP contribution in [-0.4, -0.2) is 35.0 Å². The van der Waals surface area contributed by atoms with Crippen molar-refractivity contribution in [3.05, 3.63) is 48.0 Å². The van der Waals surface area contributed by atoms with Crippen LogP contribution < -0.4 is 19.0 Å².